The van der Waals surface area contributed by atoms with Gasteiger partial charge >= 0.3 is 5.97 Å². The van der Waals surface area contributed by atoms with Crippen LogP contribution in [0.1, 0.15) is 34.8 Å². The van der Waals surface area contributed by atoms with Crippen LogP contribution < -0.4 is 15.0 Å². The van der Waals surface area contributed by atoms with Crippen LogP contribution in [0.5, 0.6) is 11.5 Å². The van der Waals surface area contributed by atoms with Crippen molar-refractivity contribution >= 4 is 16.9 Å². The largest absolute Gasteiger partial charge is 0.458 e. The molecule has 0 spiro atoms. The number of aliphatic hydroxyl groups is 2. The zero-order chi connectivity index (χ0) is 22.0. The van der Waals surface area contributed by atoms with E-state index in [0.29, 0.717) is 40.4 Å². The number of carbonyl (C=O) groups excluding carboxylic acids is 1. The van der Waals surface area contributed by atoms with Crippen LogP contribution >= 0.6 is 0 Å². The van der Waals surface area contributed by atoms with Gasteiger partial charge in [-0.25, -0.2) is 9.78 Å². The molecule has 1 aromatic carbocycles. The van der Waals surface area contributed by atoms with E-state index in [4.69, 9.17) is 24.3 Å². The number of cyclic esters (lactones) is 1. The zero-order valence-electron chi connectivity index (χ0n) is 16.7. The predicted molar refractivity (Wildman–Crippen MR) is 110 cm³/mol. The molecule has 9 nitrogen and oxygen atoms in total. The highest BCUT2D eigenvalue weighted by Gasteiger charge is 2.34. The first-order chi connectivity index (χ1) is 15.6. The van der Waals surface area contributed by atoms with Gasteiger partial charge < -0.3 is 29.0 Å². The highest BCUT2D eigenvalue weighted by Crippen LogP contribution is 2.41. The van der Waals surface area contributed by atoms with Crippen LogP contribution in [0.2, 0.25) is 0 Å². The van der Waals surface area contributed by atoms with Crippen LogP contribution in [-0.2, 0) is 22.7 Å². The fraction of sp³-hybridized carbons (Fsp3) is 0.261. The van der Waals surface area contributed by atoms with Crippen molar-refractivity contribution in [3.8, 4) is 34.7 Å². The van der Waals surface area contributed by atoms with Crippen LogP contribution in [0, 0.1) is 11.8 Å². The Hall–Kier alpha value is -3.87. The fourth-order valence-electron chi connectivity index (χ4n) is 4.37. The summed E-state index contributed by atoms with van der Waals surface area (Å²) in [5, 5.41) is 20.2. The smallest absolute Gasteiger partial charge is 0.340 e. The third kappa shape index (κ3) is 2.57. The summed E-state index contributed by atoms with van der Waals surface area (Å²) in [6, 6.07) is 5.21. The van der Waals surface area contributed by atoms with Crippen LogP contribution in [-0.4, -0.2) is 39.1 Å². The van der Waals surface area contributed by atoms with E-state index in [2.05, 4.69) is 11.8 Å². The summed E-state index contributed by atoms with van der Waals surface area (Å²) in [5.74, 6) is 6.46. The van der Waals surface area contributed by atoms with Gasteiger partial charge in [-0.3, -0.25) is 4.79 Å². The summed E-state index contributed by atoms with van der Waals surface area (Å²) < 4.78 is 17.5. The first-order valence-corrected chi connectivity index (χ1v) is 10.0. The topological polar surface area (TPSA) is 120 Å². The van der Waals surface area contributed by atoms with Crippen molar-refractivity contribution < 1.29 is 29.2 Å². The molecular weight excluding hydrogens is 416 g/mol. The van der Waals surface area contributed by atoms with Crippen LogP contribution in [0.25, 0.3) is 22.3 Å². The number of aliphatic hydroxyl groups excluding tert-OH is 2. The molecule has 3 aliphatic rings. The third-order valence-electron chi connectivity index (χ3n) is 5.90. The van der Waals surface area contributed by atoms with E-state index in [1.807, 2.05) is 6.07 Å². The summed E-state index contributed by atoms with van der Waals surface area (Å²) >= 11 is 0. The highest BCUT2D eigenvalue weighted by molar-refractivity contribution is 5.93. The summed E-state index contributed by atoms with van der Waals surface area (Å²) in [6.07, 6.45) is -1.21. The molecule has 0 aliphatic carbocycles. The molecule has 32 heavy (non-hydrogen) atoms. The average molecular weight is 432 g/mol. The Morgan fingerprint density at radius 1 is 1.12 bits per heavy atom. The van der Waals surface area contributed by atoms with Gasteiger partial charge in [-0.05, 0) is 12.1 Å². The Balaban J connectivity index is 1.64. The molecule has 0 saturated heterocycles. The molecule has 0 unspecified atom stereocenters. The summed E-state index contributed by atoms with van der Waals surface area (Å²) in [7, 11) is 0. The molecule has 0 bridgehead atoms. The predicted octanol–water partition coefficient (Wildman–Crippen LogP) is 0.978. The minimum atomic E-state index is -1.51. The minimum absolute atomic E-state index is 0.0666. The quantitative estimate of drug-likeness (QED) is 0.337. The van der Waals surface area contributed by atoms with E-state index in [0.717, 1.165) is 10.9 Å². The Labute approximate surface area is 180 Å². The number of rotatable bonds is 1. The second-order valence-electron chi connectivity index (χ2n) is 7.68. The molecule has 2 aromatic heterocycles. The lowest BCUT2D eigenvalue weighted by atomic mass is 9.98. The lowest BCUT2D eigenvalue weighted by molar-refractivity contribution is -0.157. The fourth-order valence-corrected chi connectivity index (χ4v) is 4.37. The second-order valence-corrected chi connectivity index (χ2v) is 7.68. The van der Waals surface area contributed by atoms with Crippen molar-refractivity contribution in [1.29, 1.82) is 0 Å². The summed E-state index contributed by atoms with van der Waals surface area (Å²) in [5.41, 5.74) is 3.26. The first kappa shape index (κ1) is 18.9. The van der Waals surface area contributed by atoms with Gasteiger partial charge in [-0.2, -0.15) is 0 Å². The maximum Gasteiger partial charge on any atom is 0.340 e. The van der Waals surface area contributed by atoms with Gasteiger partial charge in [0.25, 0.3) is 5.56 Å². The van der Waals surface area contributed by atoms with Crippen molar-refractivity contribution in [3.63, 3.8) is 0 Å². The molecule has 160 valence electrons. The lowest BCUT2D eigenvalue weighted by Gasteiger charge is -2.21. The van der Waals surface area contributed by atoms with Crippen LogP contribution in [0.3, 0.4) is 0 Å². The van der Waals surface area contributed by atoms with E-state index < -0.39 is 12.1 Å². The number of esters is 1. The molecule has 0 saturated carbocycles. The number of carbonyl (C=O) groups is 1. The van der Waals surface area contributed by atoms with Crippen LogP contribution in [0.4, 0.5) is 0 Å². The second kappa shape index (κ2) is 6.82. The highest BCUT2D eigenvalue weighted by atomic mass is 16.7. The number of hydrogen-bond donors (Lipinski definition) is 2. The third-order valence-corrected chi connectivity index (χ3v) is 5.90. The molecule has 2 N–H and O–H groups in total. The number of aromatic nitrogens is 2. The maximum atomic E-state index is 13.2. The first-order valence-electron chi connectivity index (χ1n) is 10.0. The number of fused-ring (bicyclic) bond motifs is 6. The van der Waals surface area contributed by atoms with E-state index in [9.17, 15) is 14.7 Å². The van der Waals surface area contributed by atoms with Crippen molar-refractivity contribution in [1.82, 2.24) is 9.55 Å². The Kier molecular flexibility index (Phi) is 4.02. The van der Waals surface area contributed by atoms with Gasteiger partial charge in [-0.1, -0.05) is 11.8 Å². The normalized spacial score (nSPS) is 17.3. The number of ether oxygens (including phenoxy) is 3. The van der Waals surface area contributed by atoms with Crippen molar-refractivity contribution in [2.45, 2.75) is 25.7 Å². The van der Waals surface area contributed by atoms with Gasteiger partial charge in [0.05, 0.1) is 35.6 Å². The SMILES string of the molecule is O=C1OCc2c(cc3n(c2=O)Cc2c-3nc3cc4c(cc3c2C#CCCO)OCO4)[C@@H]1O. The Morgan fingerprint density at radius 2 is 1.94 bits per heavy atom. The van der Waals surface area contributed by atoms with Gasteiger partial charge in [0.15, 0.2) is 17.6 Å². The Morgan fingerprint density at radius 3 is 2.75 bits per heavy atom. The van der Waals surface area contributed by atoms with E-state index in [1.165, 1.54) is 0 Å². The van der Waals surface area contributed by atoms with Crippen molar-refractivity contribution in [3.05, 3.63) is 50.8 Å². The number of hydrogen-bond acceptors (Lipinski definition) is 8. The molecule has 0 amide bonds. The summed E-state index contributed by atoms with van der Waals surface area (Å²) in [6.45, 7) is 0.111. The molecular formula is C23H16N2O7. The van der Waals surface area contributed by atoms with Crippen molar-refractivity contribution in [2.75, 3.05) is 13.4 Å². The molecule has 5 heterocycles. The molecule has 3 aliphatic heterocycles. The minimum Gasteiger partial charge on any atom is -0.458 e. The summed E-state index contributed by atoms with van der Waals surface area (Å²) in [4.78, 5) is 29.8. The van der Waals surface area contributed by atoms with Gasteiger partial charge in [0.2, 0.25) is 6.79 Å². The molecule has 6 rings (SSSR count). The molecule has 0 radical (unpaired) electrons. The van der Waals surface area contributed by atoms with Gasteiger partial charge in [-0.15, -0.1) is 0 Å². The van der Waals surface area contributed by atoms with Crippen LogP contribution in [0.15, 0.2) is 23.0 Å². The number of nitrogens with zero attached hydrogens (tertiary/aromatic N) is 2. The Bertz CT molecular complexity index is 1460. The molecule has 3 aromatic rings. The van der Waals surface area contributed by atoms with Crippen molar-refractivity contribution in [2.24, 2.45) is 0 Å². The molecule has 9 heteroatoms. The zero-order valence-corrected chi connectivity index (χ0v) is 16.7. The van der Waals surface area contributed by atoms with E-state index >= 15 is 0 Å². The average Bonchev–Trinajstić information content (AvgIpc) is 3.39. The van der Waals surface area contributed by atoms with E-state index in [1.54, 1.807) is 16.7 Å². The van der Waals surface area contributed by atoms with E-state index in [-0.39, 0.29) is 43.2 Å². The number of pyridine rings is 2. The maximum absolute atomic E-state index is 13.2. The number of benzene rings is 1. The molecule has 1 atom stereocenters. The van der Waals surface area contributed by atoms with Gasteiger partial charge in [0.1, 0.15) is 6.61 Å². The monoisotopic (exact) mass is 432 g/mol. The lowest BCUT2D eigenvalue weighted by Crippen LogP contribution is -2.32. The molecule has 0 fully saturated rings. The standard InChI is InChI=1S/C23H16N2O7/c26-4-2-1-3-11-12-6-18-19(32-10-31-18)7-16(12)24-20-14(11)8-25-17(20)5-13-15(22(25)28)9-30-23(29)21(13)27/h5-7,21,26-27H,2,4,8-10H2/t21-/m0/s1. The van der Waals surface area contributed by atoms with Gasteiger partial charge in [0, 0.05) is 34.6 Å².